The number of piperidine rings is 1. The highest BCUT2D eigenvalue weighted by atomic mass is 19.3. The summed E-state index contributed by atoms with van der Waals surface area (Å²) < 4.78 is 32.3. The number of carbonyl (C=O) groups is 2. The predicted molar refractivity (Wildman–Crippen MR) is 119 cm³/mol. The molecule has 4 rings (SSSR count). The van der Waals surface area contributed by atoms with Gasteiger partial charge in [0.05, 0.1) is 0 Å². The molecule has 0 spiro atoms. The lowest BCUT2D eigenvalue weighted by molar-refractivity contribution is -0.142. The quantitative estimate of drug-likeness (QED) is 0.664. The summed E-state index contributed by atoms with van der Waals surface area (Å²) in [7, 11) is 1.40. The number of carboxylic acid groups (broad SMARTS) is 1. The Morgan fingerprint density at radius 1 is 1.09 bits per heavy atom. The molecular weight excluding hydrogens is 430 g/mol. The molecule has 0 unspecified atom stereocenters. The van der Waals surface area contributed by atoms with Gasteiger partial charge in [0.15, 0.2) is 0 Å². The lowest BCUT2D eigenvalue weighted by Gasteiger charge is -2.33. The maximum absolute atomic E-state index is 13.3. The number of nitrogens with zero attached hydrogens (tertiary/aromatic N) is 2. The first kappa shape index (κ1) is 23.2. The number of aliphatic carboxylic acids is 1. The minimum absolute atomic E-state index is 0.102. The molecule has 0 saturated carbocycles. The number of hydrogen-bond donors (Lipinski definition) is 1. The van der Waals surface area contributed by atoms with Gasteiger partial charge < -0.3 is 14.7 Å². The zero-order valence-electron chi connectivity index (χ0n) is 18.5. The molecule has 6 nitrogen and oxygen atoms in total. The van der Waals surface area contributed by atoms with Crippen molar-refractivity contribution >= 4 is 12.1 Å². The van der Waals surface area contributed by atoms with Gasteiger partial charge in [0.25, 0.3) is 5.92 Å². The number of carbonyl (C=O) groups excluding carboxylic acids is 1. The largest absolute Gasteiger partial charge is 0.480 e. The Morgan fingerprint density at radius 2 is 1.64 bits per heavy atom. The Morgan fingerprint density at radius 3 is 2.18 bits per heavy atom. The summed E-state index contributed by atoms with van der Waals surface area (Å²) in [6.45, 7) is 0.862. The van der Waals surface area contributed by atoms with Crippen LogP contribution in [0.25, 0.3) is 11.1 Å². The van der Waals surface area contributed by atoms with Crippen molar-refractivity contribution in [2.45, 2.75) is 37.1 Å². The highest BCUT2D eigenvalue weighted by molar-refractivity contribution is 5.81. The molecule has 0 bridgehead atoms. The predicted octanol–water partition coefficient (Wildman–Crippen LogP) is 4.44. The van der Waals surface area contributed by atoms with E-state index < -0.39 is 24.0 Å². The molecule has 1 heterocycles. The Kier molecular flexibility index (Phi) is 6.65. The van der Waals surface area contributed by atoms with Crippen LogP contribution in [0.3, 0.4) is 0 Å². The van der Waals surface area contributed by atoms with Crippen LogP contribution < -0.4 is 0 Å². The first-order valence-electron chi connectivity index (χ1n) is 11.2. The van der Waals surface area contributed by atoms with Gasteiger partial charge in [-0.3, -0.25) is 4.90 Å². The number of ether oxygens (including phenoxy) is 1. The van der Waals surface area contributed by atoms with Gasteiger partial charge in [-0.25, -0.2) is 18.4 Å². The average molecular weight is 459 g/mol. The number of amides is 1. The third kappa shape index (κ3) is 5.00. The summed E-state index contributed by atoms with van der Waals surface area (Å²) in [4.78, 5) is 27.5. The van der Waals surface area contributed by atoms with Gasteiger partial charge in [-0.05, 0) is 28.7 Å². The SMILES string of the molecule is CN(C(=O)OCC1c2ccccc2-c2ccccc21)[C@@H](CCN1CCC(F)(F)CC1)C(=O)O. The summed E-state index contributed by atoms with van der Waals surface area (Å²) in [6, 6.07) is 14.9. The Hall–Kier alpha value is -3.00. The van der Waals surface area contributed by atoms with Gasteiger partial charge in [-0.2, -0.15) is 0 Å². The molecule has 1 aliphatic heterocycles. The van der Waals surface area contributed by atoms with Crippen molar-refractivity contribution in [3.8, 4) is 11.1 Å². The highest BCUT2D eigenvalue weighted by Gasteiger charge is 2.35. The van der Waals surface area contributed by atoms with Crippen molar-refractivity contribution < 1.29 is 28.2 Å². The summed E-state index contributed by atoms with van der Waals surface area (Å²) >= 11 is 0. The molecule has 1 aliphatic carbocycles. The van der Waals surface area contributed by atoms with E-state index in [-0.39, 0.29) is 44.9 Å². The van der Waals surface area contributed by atoms with Gasteiger partial charge in [0, 0.05) is 45.4 Å². The van der Waals surface area contributed by atoms with Crippen molar-refractivity contribution in [3.63, 3.8) is 0 Å². The van der Waals surface area contributed by atoms with Crippen LogP contribution in [0.15, 0.2) is 48.5 Å². The number of hydrogen-bond acceptors (Lipinski definition) is 4. The molecule has 0 radical (unpaired) electrons. The van der Waals surface area contributed by atoms with E-state index in [9.17, 15) is 23.5 Å². The number of likely N-dealkylation sites (N-methyl/N-ethyl adjacent to an activating group) is 1. The van der Waals surface area contributed by atoms with Crippen LogP contribution in [0.2, 0.25) is 0 Å². The normalized spacial score (nSPS) is 18.3. The van der Waals surface area contributed by atoms with E-state index in [2.05, 4.69) is 0 Å². The van der Waals surface area contributed by atoms with Crippen LogP contribution in [-0.4, -0.2) is 72.2 Å². The molecule has 2 aromatic carbocycles. The molecule has 1 amide bonds. The first-order chi connectivity index (χ1) is 15.8. The molecule has 2 aliphatic rings. The molecule has 1 atom stereocenters. The summed E-state index contributed by atoms with van der Waals surface area (Å²) in [5.74, 6) is -3.91. The minimum Gasteiger partial charge on any atom is -0.480 e. The topological polar surface area (TPSA) is 70.1 Å². The van der Waals surface area contributed by atoms with Gasteiger partial charge in [-0.15, -0.1) is 0 Å². The molecule has 33 heavy (non-hydrogen) atoms. The third-order valence-corrected chi connectivity index (χ3v) is 6.68. The lowest BCUT2D eigenvalue weighted by atomic mass is 9.98. The molecule has 8 heteroatoms. The standard InChI is InChI=1S/C25H28F2N2O4/c1-28(22(23(30)31)10-13-29-14-11-25(26,27)12-15-29)24(32)33-16-21-19-8-4-2-6-17(19)18-7-3-5-9-20(18)21/h2-9,21-22H,10-16H2,1H3,(H,30,31)/t22-/m0/s1. The molecule has 176 valence electrons. The van der Waals surface area contributed by atoms with Crippen molar-refractivity contribution in [1.82, 2.24) is 9.80 Å². The van der Waals surface area contributed by atoms with Gasteiger partial charge in [-0.1, -0.05) is 48.5 Å². The second-order valence-corrected chi connectivity index (χ2v) is 8.76. The van der Waals surface area contributed by atoms with Crippen molar-refractivity contribution in [1.29, 1.82) is 0 Å². The summed E-state index contributed by atoms with van der Waals surface area (Å²) in [5.41, 5.74) is 4.37. The number of fused-ring (bicyclic) bond motifs is 3. The molecule has 0 aromatic heterocycles. The van der Waals surface area contributed by atoms with E-state index >= 15 is 0 Å². The second-order valence-electron chi connectivity index (χ2n) is 8.76. The van der Waals surface area contributed by atoms with E-state index in [1.807, 2.05) is 53.4 Å². The van der Waals surface area contributed by atoms with Crippen LogP contribution in [0.4, 0.5) is 13.6 Å². The van der Waals surface area contributed by atoms with E-state index in [4.69, 9.17) is 4.74 Å². The number of rotatable bonds is 7. The van der Waals surface area contributed by atoms with Crippen molar-refractivity contribution in [2.75, 3.05) is 33.3 Å². The summed E-state index contributed by atoms with van der Waals surface area (Å²) in [6.07, 6.45) is -1.03. The molecule has 1 fully saturated rings. The zero-order chi connectivity index (χ0) is 23.6. The third-order valence-electron chi connectivity index (χ3n) is 6.68. The summed E-state index contributed by atoms with van der Waals surface area (Å²) in [5, 5.41) is 9.66. The average Bonchev–Trinajstić information content (AvgIpc) is 3.12. The van der Waals surface area contributed by atoms with E-state index in [1.165, 1.54) is 7.05 Å². The first-order valence-corrected chi connectivity index (χ1v) is 11.2. The van der Waals surface area contributed by atoms with Crippen LogP contribution in [0.1, 0.15) is 36.3 Å². The molecular formula is C25H28F2N2O4. The van der Waals surface area contributed by atoms with Crippen LogP contribution in [0.5, 0.6) is 0 Å². The molecule has 2 aromatic rings. The number of alkyl halides is 2. The van der Waals surface area contributed by atoms with Gasteiger partial charge >= 0.3 is 12.1 Å². The Labute approximate surface area is 191 Å². The van der Waals surface area contributed by atoms with Gasteiger partial charge in [0.1, 0.15) is 12.6 Å². The lowest BCUT2D eigenvalue weighted by Crippen LogP contribution is -2.46. The number of benzene rings is 2. The fourth-order valence-electron chi connectivity index (χ4n) is 4.71. The van der Waals surface area contributed by atoms with Crippen molar-refractivity contribution in [3.05, 3.63) is 59.7 Å². The van der Waals surface area contributed by atoms with Crippen LogP contribution >= 0.6 is 0 Å². The molecule has 1 N–H and O–H groups in total. The minimum atomic E-state index is -2.65. The fourth-order valence-corrected chi connectivity index (χ4v) is 4.71. The van der Waals surface area contributed by atoms with Gasteiger partial charge in [0.2, 0.25) is 0 Å². The maximum atomic E-state index is 13.3. The number of likely N-dealkylation sites (tertiary alicyclic amines) is 1. The van der Waals surface area contributed by atoms with E-state index in [1.54, 1.807) is 0 Å². The maximum Gasteiger partial charge on any atom is 0.410 e. The fraction of sp³-hybridized carbons (Fsp3) is 0.440. The monoisotopic (exact) mass is 458 g/mol. The zero-order valence-corrected chi connectivity index (χ0v) is 18.5. The highest BCUT2D eigenvalue weighted by Crippen LogP contribution is 2.44. The molecule has 1 saturated heterocycles. The Bertz CT molecular complexity index is 973. The number of halogens is 2. The van der Waals surface area contributed by atoms with E-state index in [0.29, 0.717) is 6.54 Å². The van der Waals surface area contributed by atoms with Crippen LogP contribution in [-0.2, 0) is 9.53 Å². The number of carboxylic acids is 1. The van der Waals surface area contributed by atoms with Crippen LogP contribution in [0, 0.1) is 0 Å². The smallest absolute Gasteiger partial charge is 0.410 e. The van der Waals surface area contributed by atoms with E-state index in [0.717, 1.165) is 27.2 Å². The second kappa shape index (κ2) is 9.47. The Balaban J connectivity index is 1.37. The van der Waals surface area contributed by atoms with Crippen molar-refractivity contribution in [2.24, 2.45) is 0 Å².